The number of carbonyl (C=O) groups excluding carboxylic acids is 1. The third-order valence-corrected chi connectivity index (χ3v) is 2.91. The molecular formula is C9H16N2O2. The van der Waals surface area contributed by atoms with E-state index in [2.05, 4.69) is 5.32 Å². The van der Waals surface area contributed by atoms with Crippen molar-refractivity contribution in [2.24, 2.45) is 0 Å². The van der Waals surface area contributed by atoms with Gasteiger partial charge in [0.2, 0.25) is 0 Å². The number of rotatable bonds is 1. The summed E-state index contributed by atoms with van der Waals surface area (Å²) in [6, 6.07) is 0. The molecule has 2 aliphatic heterocycles. The molecule has 2 heterocycles. The Bertz CT molecular complexity index is 212. The van der Waals surface area contributed by atoms with Crippen molar-refractivity contribution in [2.75, 3.05) is 32.8 Å². The molecule has 1 unspecified atom stereocenters. The molecular weight excluding hydrogens is 168 g/mol. The fraction of sp³-hybridized carbons (Fsp3) is 0.889. The van der Waals surface area contributed by atoms with E-state index in [1.54, 1.807) is 0 Å². The summed E-state index contributed by atoms with van der Waals surface area (Å²) in [6.45, 7) is 5.81. The average Bonchev–Trinajstić information content (AvgIpc) is 2.60. The van der Waals surface area contributed by atoms with Crippen molar-refractivity contribution in [3.05, 3.63) is 0 Å². The van der Waals surface area contributed by atoms with Gasteiger partial charge in [0.05, 0.1) is 6.61 Å². The van der Waals surface area contributed by atoms with Crippen molar-refractivity contribution in [1.82, 2.24) is 10.2 Å². The lowest BCUT2D eigenvalue weighted by Crippen LogP contribution is -2.57. The van der Waals surface area contributed by atoms with Gasteiger partial charge in [-0.3, -0.25) is 4.79 Å². The van der Waals surface area contributed by atoms with Crippen LogP contribution in [-0.2, 0) is 9.53 Å². The van der Waals surface area contributed by atoms with Gasteiger partial charge in [-0.2, -0.15) is 0 Å². The lowest BCUT2D eigenvalue weighted by atomic mass is 9.99. The van der Waals surface area contributed by atoms with Crippen LogP contribution in [0.4, 0.5) is 0 Å². The second kappa shape index (κ2) is 3.27. The maximum absolute atomic E-state index is 11.9. The zero-order valence-corrected chi connectivity index (χ0v) is 8.01. The number of carbonyl (C=O) groups is 1. The first-order chi connectivity index (χ1) is 6.28. The van der Waals surface area contributed by atoms with Gasteiger partial charge in [-0.25, -0.2) is 0 Å². The van der Waals surface area contributed by atoms with Gasteiger partial charge < -0.3 is 15.0 Å². The van der Waals surface area contributed by atoms with Crippen LogP contribution in [0.25, 0.3) is 0 Å². The number of ether oxygens (including phenoxy) is 1. The molecule has 1 atom stereocenters. The normalized spacial score (nSPS) is 34.5. The molecule has 2 rings (SSSR count). The third kappa shape index (κ3) is 1.34. The fourth-order valence-corrected chi connectivity index (χ4v) is 2.08. The number of amides is 1. The lowest BCUT2D eigenvalue weighted by Gasteiger charge is -2.38. The molecule has 0 aromatic rings. The lowest BCUT2D eigenvalue weighted by molar-refractivity contribution is -0.168. The van der Waals surface area contributed by atoms with Crippen molar-refractivity contribution in [3.63, 3.8) is 0 Å². The molecule has 2 aliphatic rings. The van der Waals surface area contributed by atoms with Crippen LogP contribution in [-0.4, -0.2) is 49.2 Å². The fourth-order valence-electron chi connectivity index (χ4n) is 2.08. The van der Waals surface area contributed by atoms with Crippen LogP contribution >= 0.6 is 0 Å². The smallest absolute Gasteiger partial charge is 0.256 e. The quantitative estimate of drug-likeness (QED) is 0.603. The molecule has 0 aromatic heterocycles. The maximum atomic E-state index is 11.9. The summed E-state index contributed by atoms with van der Waals surface area (Å²) in [6.07, 6.45) is 0.822. The average molecular weight is 184 g/mol. The van der Waals surface area contributed by atoms with E-state index < -0.39 is 5.60 Å². The van der Waals surface area contributed by atoms with Gasteiger partial charge in [0.1, 0.15) is 0 Å². The van der Waals surface area contributed by atoms with Gasteiger partial charge in [0.15, 0.2) is 5.60 Å². The Morgan fingerprint density at radius 3 is 3.15 bits per heavy atom. The molecule has 4 heteroatoms. The number of hydrogen-bond acceptors (Lipinski definition) is 3. The minimum Gasteiger partial charge on any atom is -0.362 e. The second-order valence-electron chi connectivity index (χ2n) is 3.65. The zero-order valence-electron chi connectivity index (χ0n) is 8.01. The molecule has 0 radical (unpaired) electrons. The highest BCUT2D eigenvalue weighted by atomic mass is 16.5. The summed E-state index contributed by atoms with van der Waals surface area (Å²) in [4.78, 5) is 13.8. The second-order valence-corrected chi connectivity index (χ2v) is 3.65. The summed E-state index contributed by atoms with van der Waals surface area (Å²) < 4.78 is 5.62. The first-order valence-corrected chi connectivity index (χ1v) is 4.92. The van der Waals surface area contributed by atoms with Crippen LogP contribution < -0.4 is 5.32 Å². The van der Waals surface area contributed by atoms with Gasteiger partial charge in [-0.05, 0) is 19.9 Å². The van der Waals surface area contributed by atoms with Gasteiger partial charge in [0, 0.05) is 19.6 Å². The van der Waals surface area contributed by atoms with E-state index in [-0.39, 0.29) is 5.91 Å². The molecule has 0 saturated carbocycles. The minimum atomic E-state index is -0.520. The Kier molecular flexibility index (Phi) is 2.26. The number of hydrogen-bond donors (Lipinski definition) is 1. The standard InChI is InChI=1S/C9H16N2O2/c1-2-11-5-6-13-9(8(11)12)3-4-10-7-9/h10H,2-7H2,1H3. The molecule has 4 nitrogen and oxygen atoms in total. The molecule has 1 amide bonds. The van der Waals surface area contributed by atoms with E-state index in [4.69, 9.17) is 4.74 Å². The van der Waals surface area contributed by atoms with Gasteiger partial charge in [-0.1, -0.05) is 0 Å². The summed E-state index contributed by atoms with van der Waals surface area (Å²) in [5.41, 5.74) is -0.520. The van der Waals surface area contributed by atoms with E-state index in [9.17, 15) is 4.79 Å². The maximum Gasteiger partial charge on any atom is 0.256 e. The third-order valence-electron chi connectivity index (χ3n) is 2.91. The van der Waals surface area contributed by atoms with Crippen LogP contribution in [0.5, 0.6) is 0 Å². The van der Waals surface area contributed by atoms with E-state index in [1.807, 2.05) is 11.8 Å². The molecule has 74 valence electrons. The Hall–Kier alpha value is -0.610. The first kappa shape index (κ1) is 8.97. The first-order valence-electron chi connectivity index (χ1n) is 4.92. The van der Waals surface area contributed by atoms with Crippen LogP contribution in [0.1, 0.15) is 13.3 Å². The minimum absolute atomic E-state index is 0.172. The number of nitrogens with one attached hydrogen (secondary N) is 1. The molecule has 13 heavy (non-hydrogen) atoms. The van der Waals surface area contributed by atoms with Crippen LogP contribution in [0.2, 0.25) is 0 Å². The highest BCUT2D eigenvalue weighted by molar-refractivity contribution is 5.86. The SMILES string of the molecule is CCN1CCOC2(CCNC2)C1=O. The Morgan fingerprint density at radius 1 is 1.69 bits per heavy atom. The molecule has 1 N–H and O–H groups in total. The van der Waals surface area contributed by atoms with Gasteiger partial charge in [-0.15, -0.1) is 0 Å². The largest absolute Gasteiger partial charge is 0.362 e. The molecule has 2 fully saturated rings. The predicted octanol–water partition coefficient (Wildman–Crippen LogP) is -0.403. The highest BCUT2D eigenvalue weighted by Crippen LogP contribution is 2.25. The summed E-state index contributed by atoms with van der Waals surface area (Å²) >= 11 is 0. The summed E-state index contributed by atoms with van der Waals surface area (Å²) in [5.74, 6) is 0.172. The summed E-state index contributed by atoms with van der Waals surface area (Å²) in [7, 11) is 0. The van der Waals surface area contributed by atoms with E-state index in [1.165, 1.54) is 0 Å². The van der Waals surface area contributed by atoms with Crippen molar-refractivity contribution in [2.45, 2.75) is 18.9 Å². The number of morpholine rings is 1. The van der Waals surface area contributed by atoms with Crippen LogP contribution in [0.3, 0.4) is 0 Å². The molecule has 0 aromatic carbocycles. The van der Waals surface area contributed by atoms with Crippen molar-refractivity contribution >= 4 is 5.91 Å². The van der Waals surface area contributed by atoms with E-state index in [0.717, 1.165) is 26.1 Å². The van der Waals surface area contributed by atoms with Crippen LogP contribution in [0, 0.1) is 0 Å². The van der Waals surface area contributed by atoms with Crippen LogP contribution in [0.15, 0.2) is 0 Å². The van der Waals surface area contributed by atoms with E-state index >= 15 is 0 Å². The number of nitrogens with zero attached hydrogens (tertiary/aromatic N) is 1. The molecule has 2 saturated heterocycles. The highest BCUT2D eigenvalue weighted by Gasteiger charge is 2.46. The van der Waals surface area contributed by atoms with Gasteiger partial charge in [0.25, 0.3) is 5.91 Å². The molecule has 1 spiro atoms. The van der Waals surface area contributed by atoms with Crippen molar-refractivity contribution in [1.29, 1.82) is 0 Å². The predicted molar refractivity (Wildman–Crippen MR) is 48.4 cm³/mol. The Balaban J connectivity index is 2.14. The molecule has 0 aliphatic carbocycles. The van der Waals surface area contributed by atoms with Gasteiger partial charge >= 0.3 is 0 Å². The van der Waals surface area contributed by atoms with Crippen molar-refractivity contribution < 1.29 is 9.53 Å². The number of likely N-dealkylation sites (N-methyl/N-ethyl adjacent to an activating group) is 1. The molecule has 0 bridgehead atoms. The zero-order chi connectivity index (χ0) is 9.31. The monoisotopic (exact) mass is 184 g/mol. The topological polar surface area (TPSA) is 41.6 Å². The Labute approximate surface area is 78.2 Å². The Morgan fingerprint density at radius 2 is 2.54 bits per heavy atom. The summed E-state index contributed by atoms with van der Waals surface area (Å²) in [5, 5.41) is 3.19. The van der Waals surface area contributed by atoms with E-state index in [0.29, 0.717) is 13.2 Å². The van der Waals surface area contributed by atoms with Crippen molar-refractivity contribution in [3.8, 4) is 0 Å².